The zero-order chi connectivity index (χ0) is 27.2. The molecule has 0 saturated heterocycles. The minimum atomic E-state index is -4.20. The second-order valence-electron chi connectivity index (χ2n) is 9.01. The molecule has 0 unspecified atom stereocenters. The van der Waals surface area contributed by atoms with Crippen molar-refractivity contribution in [2.45, 2.75) is 31.7 Å². The number of rotatable bonds is 6. The molecule has 0 aliphatic carbocycles. The van der Waals surface area contributed by atoms with E-state index in [0.29, 0.717) is 32.2 Å². The molecular formula is C27H20ClF2N3O4S. The van der Waals surface area contributed by atoms with Crippen LogP contribution < -0.4 is 5.56 Å². The van der Waals surface area contributed by atoms with Gasteiger partial charge in [-0.25, -0.2) is 5.01 Å². The fourth-order valence-electron chi connectivity index (χ4n) is 4.54. The Hall–Kier alpha value is -3.89. The summed E-state index contributed by atoms with van der Waals surface area (Å²) in [5.41, 5.74) is 3.03. The van der Waals surface area contributed by atoms with Gasteiger partial charge in [-0.3, -0.25) is 14.4 Å². The summed E-state index contributed by atoms with van der Waals surface area (Å²) in [6.07, 6.45) is -1.71. The van der Waals surface area contributed by atoms with Crippen molar-refractivity contribution in [3.05, 3.63) is 91.4 Å². The van der Waals surface area contributed by atoms with Crippen LogP contribution in [0.25, 0.3) is 22.0 Å². The molecule has 2 N–H and O–H groups in total. The first kappa shape index (κ1) is 25.7. The molecule has 11 heteroatoms. The summed E-state index contributed by atoms with van der Waals surface area (Å²) in [7, 11) is 0. The lowest BCUT2D eigenvalue weighted by Crippen LogP contribution is -2.42. The number of alkyl halides is 2. The van der Waals surface area contributed by atoms with E-state index in [1.54, 1.807) is 53.9 Å². The number of carboxylic acids is 1. The van der Waals surface area contributed by atoms with Crippen LogP contribution >= 0.6 is 22.9 Å². The maximum atomic E-state index is 14.7. The van der Waals surface area contributed by atoms with Crippen LogP contribution in [0.1, 0.15) is 35.6 Å². The molecule has 1 aliphatic heterocycles. The number of hydrazone groups is 1. The number of carbonyl (C=O) groups is 2. The Kier molecular flexibility index (Phi) is 6.62. The van der Waals surface area contributed by atoms with Gasteiger partial charge in [-0.2, -0.15) is 13.9 Å². The Labute approximate surface area is 224 Å². The van der Waals surface area contributed by atoms with E-state index in [0.717, 1.165) is 10.9 Å². The van der Waals surface area contributed by atoms with E-state index in [1.807, 2.05) is 12.3 Å². The van der Waals surface area contributed by atoms with Crippen LogP contribution in [0.4, 0.5) is 8.78 Å². The summed E-state index contributed by atoms with van der Waals surface area (Å²) in [4.78, 5) is 40.2. The highest BCUT2D eigenvalue weighted by Crippen LogP contribution is 2.39. The highest BCUT2D eigenvalue weighted by Gasteiger charge is 2.49. The van der Waals surface area contributed by atoms with Gasteiger partial charge in [0, 0.05) is 33.2 Å². The number of thiophene rings is 1. The lowest BCUT2D eigenvalue weighted by molar-refractivity contribution is -0.167. The molecule has 2 aromatic carbocycles. The number of aromatic amines is 1. The molecule has 5 rings (SSSR count). The third-order valence-electron chi connectivity index (χ3n) is 6.34. The lowest BCUT2D eigenvalue weighted by Gasteiger charge is -2.25. The molecule has 0 bridgehead atoms. The van der Waals surface area contributed by atoms with Gasteiger partial charge in [-0.15, -0.1) is 11.3 Å². The first-order valence-corrected chi connectivity index (χ1v) is 12.8. The standard InChI is InChI=1S/C27H20ClF2N3O4S/c1-14-2-4-15(5-3-14)21-10-19(32-33(21)26(37)27(29,30)11-22(34)35)24-23(16-6-8-17(28)9-7-16)18-12-38-13-20(18)31-25(24)36/h2-9,12-13,21H,10-11H2,1H3,(H,31,36)(H,34,35)/t21-/m0/s1. The molecule has 4 aromatic rings. The van der Waals surface area contributed by atoms with Gasteiger partial charge in [0.2, 0.25) is 0 Å². The monoisotopic (exact) mass is 555 g/mol. The molecule has 194 valence electrons. The molecule has 0 radical (unpaired) electrons. The van der Waals surface area contributed by atoms with E-state index in [9.17, 15) is 23.2 Å². The molecule has 2 aromatic heterocycles. The molecule has 1 aliphatic rings. The van der Waals surface area contributed by atoms with Gasteiger partial charge >= 0.3 is 17.8 Å². The SMILES string of the molecule is Cc1ccc([C@@H]2CC(c3c(-c4ccc(Cl)cc4)c4cscc4[nH]c3=O)=NN2C(=O)C(F)(F)CC(=O)O)cc1. The molecular weight excluding hydrogens is 536 g/mol. The predicted molar refractivity (Wildman–Crippen MR) is 142 cm³/mol. The first-order valence-electron chi connectivity index (χ1n) is 11.5. The van der Waals surface area contributed by atoms with Gasteiger partial charge in [0.15, 0.2) is 0 Å². The number of hydrogen-bond acceptors (Lipinski definition) is 5. The third kappa shape index (κ3) is 4.72. The van der Waals surface area contributed by atoms with E-state index in [2.05, 4.69) is 10.1 Å². The summed E-state index contributed by atoms with van der Waals surface area (Å²) in [5, 5.41) is 18.7. The number of benzene rings is 2. The zero-order valence-corrected chi connectivity index (χ0v) is 21.4. The smallest absolute Gasteiger partial charge is 0.337 e. The number of pyridine rings is 1. The van der Waals surface area contributed by atoms with Gasteiger partial charge in [0.1, 0.15) is 6.42 Å². The van der Waals surface area contributed by atoms with Crippen LogP contribution in [-0.4, -0.2) is 38.6 Å². The third-order valence-corrected chi connectivity index (χ3v) is 7.34. The maximum absolute atomic E-state index is 14.7. The summed E-state index contributed by atoms with van der Waals surface area (Å²) < 4.78 is 29.4. The van der Waals surface area contributed by atoms with Crippen LogP contribution in [0, 0.1) is 6.92 Å². The van der Waals surface area contributed by atoms with Crippen LogP contribution in [-0.2, 0) is 9.59 Å². The fourth-order valence-corrected chi connectivity index (χ4v) is 5.44. The molecule has 1 atom stereocenters. The number of carboxylic acid groups (broad SMARTS) is 1. The molecule has 7 nitrogen and oxygen atoms in total. The second-order valence-corrected chi connectivity index (χ2v) is 10.2. The fraction of sp³-hybridized carbons (Fsp3) is 0.185. The van der Waals surface area contributed by atoms with Crippen LogP contribution in [0.3, 0.4) is 0 Å². The van der Waals surface area contributed by atoms with Crippen molar-refractivity contribution in [1.82, 2.24) is 9.99 Å². The van der Waals surface area contributed by atoms with Gasteiger partial charge in [-0.05, 0) is 30.2 Å². The number of carbonyl (C=O) groups excluding carboxylic acids is 1. The second kappa shape index (κ2) is 9.77. The molecule has 0 saturated carbocycles. The highest BCUT2D eigenvalue weighted by atomic mass is 35.5. The summed E-state index contributed by atoms with van der Waals surface area (Å²) >= 11 is 7.46. The largest absolute Gasteiger partial charge is 0.481 e. The van der Waals surface area contributed by atoms with Crippen LogP contribution in [0.15, 0.2) is 69.2 Å². The van der Waals surface area contributed by atoms with Gasteiger partial charge < -0.3 is 10.1 Å². The number of fused-ring (bicyclic) bond motifs is 1. The quantitative estimate of drug-likeness (QED) is 0.304. The van der Waals surface area contributed by atoms with Crippen molar-refractivity contribution in [2.75, 3.05) is 0 Å². The van der Waals surface area contributed by atoms with Crippen molar-refractivity contribution in [2.24, 2.45) is 5.10 Å². The molecule has 0 fully saturated rings. The minimum Gasteiger partial charge on any atom is -0.481 e. The summed E-state index contributed by atoms with van der Waals surface area (Å²) in [6, 6.07) is 12.8. The number of aromatic nitrogens is 1. The van der Waals surface area contributed by atoms with Crippen molar-refractivity contribution >= 4 is 51.4 Å². The maximum Gasteiger partial charge on any atom is 0.337 e. The Morgan fingerprint density at radius 2 is 1.82 bits per heavy atom. The normalized spacial score (nSPS) is 15.6. The van der Waals surface area contributed by atoms with E-state index in [-0.39, 0.29) is 17.7 Å². The first-order chi connectivity index (χ1) is 18.0. The van der Waals surface area contributed by atoms with Crippen molar-refractivity contribution < 1.29 is 23.5 Å². The van der Waals surface area contributed by atoms with Crippen LogP contribution in [0.5, 0.6) is 0 Å². The Bertz CT molecular complexity index is 1650. The number of amides is 1. The molecule has 0 spiro atoms. The molecule has 3 heterocycles. The Morgan fingerprint density at radius 3 is 2.47 bits per heavy atom. The number of hydrogen-bond donors (Lipinski definition) is 2. The lowest BCUT2D eigenvalue weighted by atomic mass is 9.91. The van der Waals surface area contributed by atoms with Crippen molar-refractivity contribution in [1.29, 1.82) is 0 Å². The number of aliphatic carboxylic acids is 1. The van der Waals surface area contributed by atoms with Crippen molar-refractivity contribution in [3.63, 3.8) is 0 Å². The summed E-state index contributed by atoms with van der Waals surface area (Å²) in [6.45, 7) is 1.86. The van der Waals surface area contributed by atoms with Crippen molar-refractivity contribution in [3.8, 4) is 11.1 Å². The average molecular weight is 556 g/mol. The van der Waals surface area contributed by atoms with E-state index < -0.39 is 35.8 Å². The average Bonchev–Trinajstić information content (AvgIpc) is 3.50. The Morgan fingerprint density at radius 1 is 1.13 bits per heavy atom. The number of H-pyrrole nitrogens is 1. The van der Waals surface area contributed by atoms with Gasteiger partial charge in [0.25, 0.3) is 5.56 Å². The summed E-state index contributed by atoms with van der Waals surface area (Å²) in [5.74, 6) is -7.76. The zero-order valence-electron chi connectivity index (χ0n) is 19.9. The van der Waals surface area contributed by atoms with Gasteiger partial charge in [-0.1, -0.05) is 53.6 Å². The number of nitrogens with one attached hydrogen (secondary N) is 1. The minimum absolute atomic E-state index is 0.0305. The number of halogens is 3. The topological polar surface area (TPSA) is 103 Å². The molecule has 1 amide bonds. The van der Waals surface area contributed by atoms with E-state index in [4.69, 9.17) is 16.7 Å². The number of aryl methyl sites for hydroxylation is 1. The van der Waals surface area contributed by atoms with E-state index in [1.165, 1.54) is 11.3 Å². The number of nitrogens with zero attached hydrogens (tertiary/aromatic N) is 2. The van der Waals surface area contributed by atoms with E-state index >= 15 is 0 Å². The Balaban J connectivity index is 1.70. The highest BCUT2D eigenvalue weighted by molar-refractivity contribution is 7.09. The van der Waals surface area contributed by atoms with Crippen LogP contribution in [0.2, 0.25) is 5.02 Å². The van der Waals surface area contributed by atoms with Gasteiger partial charge in [0.05, 0.1) is 22.8 Å². The molecule has 38 heavy (non-hydrogen) atoms. The predicted octanol–water partition coefficient (Wildman–Crippen LogP) is 6.01.